The molecule has 1 aromatic rings. The monoisotopic (exact) mass is 349 g/mol. The average Bonchev–Trinajstić information content (AvgIpc) is 3.16. The van der Waals surface area contributed by atoms with Gasteiger partial charge in [-0.05, 0) is 30.9 Å². The highest BCUT2D eigenvalue weighted by molar-refractivity contribution is 6.33. The molecule has 1 aromatic carbocycles. The number of anilines is 1. The van der Waals surface area contributed by atoms with Crippen LogP contribution in [0.25, 0.3) is 0 Å². The molecule has 2 bridgehead atoms. The lowest BCUT2D eigenvalue weighted by Gasteiger charge is -2.22. The summed E-state index contributed by atoms with van der Waals surface area (Å²) in [4.78, 5) is 36.2. The molecule has 0 unspecified atom stereocenters. The van der Waals surface area contributed by atoms with E-state index >= 15 is 0 Å². The molecule has 1 saturated heterocycles. The molecule has 7 heteroatoms. The second-order valence-corrected chi connectivity index (χ2v) is 6.97. The van der Waals surface area contributed by atoms with Gasteiger partial charge in [-0.15, -0.1) is 0 Å². The highest BCUT2D eigenvalue weighted by Crippen LogP contribution is 2.57. The first kappa shape index (κ1) is 15.4. The van der Waals surface area contributed by atoms with Crippen molar-refractivity contribution >= 4 is 35.1 Å². The first-order valence-electron chi connectivity index (χ1n) is 7.96. The predicted molar refractivity (Wildman–Crippen MR) is 84.1 cm³/mol. The van der Waals surface area contributed by atoms with E-state index in [1.807, 2.05) is 0 Å². The van der Waals surface area contributed by atoms with E-state index in [0.29, 0.717) is 10.7 Å². The maximum atomic E-state index is 12.4. The van der Waals surface area contributed by atoms with Gasteiger partial charge >= 0.3 is 11.9 Å². The van der Waals surface area contributed by atoms with E-state index in [4.69, 9.17) is 21.1 Å². The second kappa shape index (κ2) is 5.77. The molecular formula is C17H16ClNO5. The number of benzene rings is 1. The van der Waals surface area contributed by atoms with Gasteiger partial charge in [-0.2, -0.15) is 0 Å². The van der Waals surface area contributed by atoms with Gasteiger partial charge in [0.2, 0.25) is 0 Å². The fraction of sp³-hybridized carbons (Fsp3) is 0.471. The number of nitrogens with one attached hydrogen (secondary N) is 1. The van der Waals surface area contributed by atoms with Gasteiger partial charge in [0.25, 0.3) is 5.91 Å². The topological polar surface area (TPSA) is 81.7 Å². The standard InChI is InChI=1S/C17H16ClNO5/c18-10-3-1-2-4-11(10)19-13(20)7-23-16(21)14-8-5-9-12(6-8)24-17(22)15(9)14/h1-4,8-9,12,14-15H,5-7H2,(H,19,20)/t8-,9-,12+,14-,15-/m0/s1. The summed E-state index contributed by atoms with van der Waals surface area (Å²) in [7, 11) is 0. The molecule has 126 valence electrons. The zero-order valence-corrected chi connectivity index (χ0v) is 13.5. The number of para-hydroxylation sites is 1. The Morgan fingerprint density at radius 3 is 2.88 bits per heavy atom. The van der Waals surface area contributed by atoms with Crippen molar-refractivity contribution in [1.82, 2.24) is 0 Å². The van der Waals surface area contributed by atoms with Crippen LogP contribution in [0.2, 0.25) is 5.02 Å². The fourth-order valence-corrected chi connectivity index (χ4v) is 4.49. The molecule has 2 saturated carbocycles. The van der Waals surface area contributed by atoms with Gasteiger partial charge in [0.05, 0.1) is 22.5 Å². The third-order valence-corrected chi connectivity index (χ3v) is 5.58. The van der Waals surface area contributed by atoms with Crippen LogP contribution in [-0.2, 0) is 23.9 Å². The number of hydrogen-bond acceptors (Lipinski definition) is 5. The minimum atomic E-state index is -0.487. The third-order valence-electron chi connectivity index (χ3n) is 5.25. The molecule has 3 aliphatic rings. The van der Waals surface area contributed by atoms with Crippen molar-refractivity contribution in [3.63, 3.8) is 0 Å². The van der Waals surface area contributed by atoms with Crippen LogP contribution in [0.15, 0.2) is 24.3 Å². The molecule has 1 aliphatic heterocycles. The van der Waals surface area contributed by atoms with Crippen LogP contribution in [0.3, 0.4) is 0 Å². The summed E-state index contributed by atoms with van der Waals surface area (Å²) >= 11 is 5.96. The summed E-state index contributed by atoms with van der Waals surface area (Å²) in [6, 6.07) is 6.80. The maximum absolute atomic E-state index is 12.4. The molecule has 6 nitrogen and oxygen atoms in total. The Hall–Kier alpha value is -2.08. The molecule has 1 amide bonds. The summed E-state index contributed by atoms with van der Waals surface area (Å²) in [5.74, 6) is -1.87. The van der Waals surface area contributed by atoms with Crippen LogP contribution in [-0.4, -0.2) is 30.6 Å². The lowest BCUT2D eigenvalue weighted by atomic mass is 9.80. The smallest absolute Gasteiger partial charge is 0.310 e. The highest BCUT2D eigenvalue weighted by Gasteiger charge is 2.64. The molecular weight excluding hydrogens is 334 g/mol. The predicted octanol–water partition coefficient (Wildman–Crippen LogP) is 2.02. The number of rotatable bonds is 4. The van der Waals surface area contributed by atoms with Crippen molar-refractivity contribution in [2.75, 3.05) is 11.9 Å². The zero-order valence-electron chi connectivity index (χ0n) is 12.7. The van der Waals surface area contributed by atoms with E-state index in [0.717, 1.165) is 12.8 Å². The first-order valence-corrected chi connectivity index (χ1v) is 8.34. The number of halogens is 1. The van der Waals surface area contributed by atoms with Crippen LogP contribution >= 0.6 is 11.6 Å². The van der Waals surface area contributed by atoms with Crippen molar-refractivity contribution in [1.29, 1.82) is 0 Å². The van der Waals surface area contributed by atoms with Gasteiger partial charge in [-0.25, -0.2) is 0 Å². The molecule has 24 heavy (non-hydrogen) atoms. The summed E-state index contributed by atoms with van der Waals surface area (Å²) in [5, 5.41) is 3.00. The minimum absolute atomic E-state index is 0.0277. The van der Waals surface area contributed by atoms with Crippen molar-refractivity contribution < 1.29 is 23.9 Å². The molecule has 1 heterocycles. The number of carbonyl (C=O) groups is 3. The van der Waals surface area contributed by atoms with Gasteiger partial charge < -0.3 is 14.8 Å². The number of fused-ring (bicyclic) bond motifs is 1. The van der Waals surface area contributed by atoms with Crippen LogP contribution in [0.5, 0.6) is 0 Å². The number of amides is 1. The Morgan fingerprint density at radius 2 is 2.08 bits per heavy atom. The second-order valence-electron chi connectivity index (χ2n) is 6.56. The fourth-order valence-electron chi connectivity index (χ4n) is 4.31. The molecule has 1 N–H and O–H groups in total. The van der Waals surface area contributed by atoms with E-state index in [2.05, 4.69) is 5.32 Å². The van der Waals surface area contributed by atoms with Gasteiger partial charge in [0, 0.05) is 5.92 Å². The van der Waals surface area contributed by atoms with Crippen LogP contribution in [0.4, 0.5) is 5.69 Å². The summed E-state index contributed by atoms with van der Waals surface area (Å²) in [6.45, 7) is -0.400. The largest absolute Gasteiger partial charge is 0.462 e. The lowest BCUT2D eigenvalue weighted by molar-refractivity contribution is -0.157. The number of carbonyl (C=O) groups excluding carboxylic acids is 3. The molecule has 0 spiro atoms. The van der Waals surface area contributed by atoms with E-state index < -0.39 is 30.3 Å². The minimum Gasteiger partial charge on any atom is -0.462 e. The Kier molecular flexibility index (Phi) is 3.72. The van der Waals surface area contributed by atoms with Crippen molar-refractivity contribution in [2.24, 2.45) is 23.7 Å². The highest BCUT2D eigenvalue weighted by atomic mass is 35.5. The van der Waals surface area contributed by atoms with E-state index in [1.165, 1.54) is 0 Å². The van der Waals surface area contributed by atoms with Gasteiger partial charge in [0.15, 0.2) is 6.61 Å². The Morgan fingerprint density at radius 1 is 1.29 bits per heavy atom. The Bertz CT molecular complexity index is 719. The average molecular weight is 350 g/mol. The number of ether oxygens (including phenoxy) is 2. The molecule has 4 rings (SSSR count). The van der Waals surface area contributed by atoms with Crippen LogP contribution in [0, 0.1) is 23.7 Å². The van der Waals surface area contributed by atoms with Gasteiger partial charge in [-0.3, -0.25) is 14.4 Å². The molecule has 0 radical (unpaired) electrons. The molecule has 5 atom stereocenters. The Labute approximate surface area is 143 Å². The number of hydrogen-bond donors (Lipinski definition) is 1. The molecule has 2 aliphatic carbocycles. The number of esters is 2. The summed E-state index contributed by atoms with van der Waals surface area (Å²) in [6.07, 6.45) is 1.52. The Balaban J connectivity index is 1.35. The molecule has 3 fully saturated rings. The van der Waals surface area contributed by atoms with Crippen molar-refractivity contribution in [2.45, 2.75) is 18.9 Å². The first-order chi connectivity index (χ1) is 11.5. The third kappa shape index (κ3) is 2.45. The van der Waals surface area contributed by atoms with E-state index in [9.17, 15) is 14.4 Å². The zero-order chi connectivity index (χ0) is 16.8. The van der Waals surface area contributed by atoms with Crippen LogP contribution in [0.1, 0.15) is 12.8 Å². The lowest BCUT2D eigenvalue weighted by Crippen LogP contribution is -2.34. The van der Waals surface area contributed by atoms with E-state index in [1.54, 1.807) is 24.3 Å². The summed E-state index contributed by atoms with van der Waals surface area (Å²) in [5.41, 5.74) is 0.461. The molecule has 0 aromatic heterocycles. The maximum Gasteiger partial charge on any atom is 0.310 e. The normalized spacial score (nSPS) is 32.5. The summed E-state index contributed by atoms with van der Waals surface area (Å²) < 4.78 is 10.4. The van der Waals surface area contributed by atoms with Crippen molar-refractivity contribution in [3.05, 3.63) is 29.3 Å². The van der Waals surface area contributed by atoms with Crippen LogP contribution < -0.4 is 5.32 Å². The van der Waals surface area contributed by atoms with Crippen molar-refractivity contribution in [3.8, 4) is 0 Å². The van der Waals surface area contributed by atoms with E-state index in [-0.39, 0.29) is 23.9 Å². The quantitative estimate of drug-likeness (QED) is 0.841. The van der Waals surface area contributed by atoms with Gasteiger partial charge in [-0.1, -0.05) is 23.7 Å². The van der Waals surface area contributed by atoms with Gasteiger partial charge in [0.1, 0.15) is 6.10 Å². The SMILES string of the molecule is O=C(COC(=O)[C@H]1[C@H]2C[C@@H]3[C@@H]1C(=O)O[C@@H]3C2)Nc1ccccc1Cl.